The third-order valence-electron chi connectivity index (χ3n) is 5.50. The van der Waals surface area contributed by atoms with E-state index in [0.717, 1.165) is 24.0 Å². The molecule has 31 heavy (non-hydrogen) atoms. The molecule has 1 heterocycles. The highest BCUT2D eigenvalue weighted by atomic mass is 32.2. The predicted molar refractivity (Wildman–Crippen MR) is 116 cm³/mol. The van der Waals surface area contributed by atoms with Gasteiger partial charge in [-0.25, -0.2) is 25.9 Å². The Balaban J connectivity index is 1.74. The number of aryl methyl sites for hydroxylation is 1. The Morgan fingerprint density at radius 2 is 1.94 bits per heavy atom. The minimum atomic E-state index is -4.07. The molecular formula is C21H24N2O6S2. The summed E-state index contributed by atoms with van der Waals surface area (Å²) in [4.78, 5) is 12.0. The number of hydrogen-bond donors (Lipinski definition) is 1. The molecule has 1 N–H and O–H groups in total. The van der Waals surface area contributed by atoms with E-state index >= 15 is 0 Å². The van der Waals surface area contributed by atoms with Crippen molar-refractivity contribution in [1.82, 2.24) is 4.72 Å². The number of nitrogens with one attached hydrogen (secondary N) is 1. The monoisotopic (exact) mass is 464 g/mol. The van der Waals surface area contributed by atoms with Crippen molar-refractivity contribution in [3.8, 4) is 5.75 Å². The average molecular weight is 465 g/mol. The quantitative estimate of drug-likeness (QED) is 0.703. The van der Waals surface area contributed by atoms with Gasteiger partial charge in [-0.2, -0.15) is 0 Å². The zero-order valence-corrected chi connectivity index (χ0v) is 18.7. The van der Waals surface area contributed by atoms with Gasteiger partial charge in [0.2, 0.25) is 26.0 Å². The van der Waals surface area contributed by atoms with Gasteiger partial charge in [-0.05, 0) is 55.5 Å². The van der Waals surface area contributed by atoms with E-state index in [-0.39, 0.29) is 35.1 Å². The molecule has 1 unspecified atom stereocenters. The summed E-state index contributed by atoms with van der Waals surface area (Å²) in [7, 11) is -7.89. The highest BCUT2D eigenvalue weighted by Gasteiger charge is 2.37. The van der Waals surface area contributed by atoms with E-state index in [2.05, 4.69) is 4.72 Å². The van der Waals surface area contributed by atoms with Crippen LogP contribution in [0.3, 0.4) is 0 Å². The molecule has 2 aromatic carbocycles. The maximum atomic E-state index is 13.4. The zero-order chi connectivity index (χ0) is 22.2. The van der Waals surface area contributed by atoms with Crippen LogP contribution in [0.25, 0.3) is 0 Å². The highest BCUT2D eigenvalue weighted by molar-refractivity contribution is 7.94. The Bertz CT molecular complexity index is 1220. The summed E-state index contributed by atoms with van der Waals surface area (Å²) in [6, 6.07) is 11.3. The first kappa shape index (κ1) is 21.8. The van der Waals surface area contributed by atoms with Gasteiger partial charge in [0.25, 0.3) is 0 Å². The first-order valence-corrected chi connectivity index (χ1v) is 13.2. The predicted octanol–water partition coefficient (Wildman–Crippen LogP) is 2.51. The Morgan fingerprint density at radius 1 is 1.16 bits per heavy atom. The molecule has 0 radical (unpaired) electrons. The molecule has 1 fully saturated rings. The molecule has 0 spiro atoms. The number of amides is 1. The molecule has 2 aromatic rings. The van der Waals surface area contributed by atoms with Crippen molar-refractivity contribution in [3.63, 3.8) is 0 Å². The van der Waals surface area contributed by atoms with Gasteiger partial charge in [-0.3, -0.25) is 4.79 Å². The summed E-state index contributed by atoms with van der Waals surface area (Å²) in [6.45, 7) is 1.96. The van der Waals surface area contributed by atoms with E-state index in [1.54, 1.807) is 6.92 Å². The maximum absolute atomic E-state index is 13.4. The van der Waals surface area contributed by atoms with Crippen LogP contribution in [0.5, 0.6) is 5.75 Å². The van der Waals surface area contributed by atoms with Crippen molar-refractivity contribution in [3.05, 3.63) is 53.6 Å². The largest absolute Gasteiger partial charge is 0.492 e. The molecule has 0 bridgehead atoms. The lowest BCUT2D eigenvalue weighted by molar-refractivity contribution is -0.116. The number of nitrogens with zero attached hydrogens (tertiary/aromatic N) is 1. The summed E-state index contributed by atoms with van der Waals surface area (Å²) in [5, 5.41) is 0. The lowest BCUT2D eigenvalue weighted by Gasteiger charge is -2.26. The third-order valence-corrected chi connectivity index (χ3v) is 8.68. The minimum absolute atomic E-state index is 0.00428. The van der Waals surface area contributed by atoms with E-state index in [4.69, 9.17) is 4.74 Å². The fourth-order valence-electron chi connectivity index (χ4n) is 4.10. The molecule has 2 aliphatic rings. The number of ether oxygens (including phenoxy) is 1. The summed E-state index contributed by atoms with van der Waals surface area (Å²) in [5.74, 6) is -0.772. The van der Waals surface area contributed by atoms with E-state index < -0.39 is 32.0 Å². The number of carbonyl (C=O) groups is 1. The Kier molecular flexibility index (Phi) is 5.80. The van der Waals surface area contributed by atoms with E-state index in [1.807, 2.05) is 24.3 Å². The lowest BCUT2D eigenvalue weighted by Crippen LogP contribution is -2.32. The van der Waals surface area contributed by atoms with Gasteiger partial charge in [0.15, 0.2) is 0 Å². The van der Waals surface area contributed by atoms with Gasteiger partial charge >= 0.3 is 0 Å². The van der Waals surface area contributed by atoms with Crippen molar-refractivity contribution in [1.29, 1.82) is 0 Å². The molecule has 1 saturated heterocycles. The number of sulfonamides is 2. The van der Waals surface area contributed by atoms with Crippen LogP contribution in [0.4, 0.5) is 5.69 Å². The number of hydrogen-bond acceptors (Lipinski definition) is 6. The van der Waals surface area contributed by atoms with Crippen molar-refractivity contribution in [2.75, 3.05) is 16.7 Å². The van der Waals surface area contributed by atoms with Crippen LogP contribution in [0, 0.1) is 0 Å². The van der Waals surface area contributed by atoms with Crippen LogP contribution in [0.15, 0.2) is 47.4 Å². The number of fused-ring (bicyclic) bond motifs is 1. The third kappa shape index (κ3) is 4.19. The first-order valence-electron chi connectivity index (χ1n) is 10.2. The van der Waals surface area contributed by atoms with E-state index in [0.29, 0.717) is 10.7 Å². The SMILES string of the molecule is CCOc1ccc(N2C(=O)CCS2(=O)=O)cc1S(=O)(=O)NC1CCCc2ccccc21. The molecule has 10 heteroatoms. The van der Waals surface area contributed by atoms with E-state index in [1.165, 1.54) is 18.2 Å². The van der Waals surface area contributed by atoms with Gasteiger partial charge < -0.3 is 4.74 Å². The van der Waals surface area contributed by atoms with Crippen LogP contribution in [-0.2, 0) is 31.3 Å². The molecule has 0 aromatic heterocycles. The fourth-order valence-corrected chi connectivity index (χ4v) is 6.97. The average Bonchev–Trinajstić information content (AvgIpc) is 3.01. The number of rotatable bonds is 6. The Labute approximate surface area is 182 Å². The van der Waals surface area contributed by atoms with Crippen molar-refractivity contribution in [2.45, 2.75) is 43.5 Å². The van der Waals surface area contributed by atoms with Crippen LogP contribution in [-0.4, -0.2) is 35.1 Å². The summed E-state index contributed by atoms with van der Waals surface area (Å²) < 4.78 is 60.3. The molecule has 166 valence electrons. The van der Waals surface area contributed by atoms with Crippen molar-refractivity contribution >= 4 is 31.6 Å². The maximum Gasteiger partial charge on any atom is 0.244 e. The van der Waals surface area contributed by atoms with Gasteiger partial charge in [-0.1, -0.05) is 24.3 Å². The van der Waals surface area contributed by atoms with Crippen LogP contribution in [0.1, 0.15) is 43.4 Å². The summed E-state index contributed by atoms with van der Waals surface area (Å²) in [6.07, 6.45) is 2.26. The first-order chi connectivity index (χ1) is 14.7. The van der Waals surface area contributed by atoms with Gasteiger partial charge in [0.05, 0.1) is 18.0 Å². The molecular weight excluding hydrogens is 440 g/mol. The van der Waals surface area contributed by atoms with Gasteiger partial charge in [0, 0.05) is 12.5 Å². The molecule has 4 rings (SSSR count). The number of anilines is 1. The molecule has 1 aliphatic carbocycles. The molecule has 1 aliphatic heterocycles. The van der Waals surface area contributed by atoms with Gasteiger partial charge in [-0.15, -0.1) is 0 Å². The highest BCUT2D eigenvalue weighted by Crippen LogP contribution is 2.35. The molecule has 0 saturated carbocycles. The number of carbonyl (C=O) groups excluding carboxylic acids is 1. The van der Waals surface area contributed by atoms with Crippen LogP contribution >= 0.6 is 0 Å². The number of benzene rings is 2. The molecule has 8 nitrogen and oxygen atoms in total. The molecule has 1 amide bonds. The van der Waals surface area contributed by atoms with Crippen LogP contribution in [0.2, 0.25) is 0 Å². The smallest absolute Gasteiger partial charge is 0.244 e. The summed E-state index contributed by atoms with van der Waals surface area (Å²) >= 11 is 0. The van der Waals surface area contributed by atoms with Gasteiger partial charge in [0.1, 0.15) is 10.6 Å². The topological polar surface area (TPSA) is 110 Å². The van der Waals surface area contributed by atoms with E-state index in [9.17, 15) is 21.6 Å². The standard InChI is InChI=1S/C21H24N2O6S2/c1-2-29-19-11-10-16(23-21(24)12-13-30(23,25)26)14-20(19)31(27,28)22-18-9-5-7-15-6-3-4-8-17(15)18/h3-4,6,8,10-11,14,18,22H,2,5,7,9,12-13H2,1H3. The Morgan fingerprint density at radius 3 is 2.65 bits per heavy atom. The zero-order valence-electron chi connectivity index (χ0n) is 17.1. The summed E-state index contributed by atoms with van der Waals surface area (Å²) in [5.41, 5.74) is 2.04. The minimum Gasteiger partial charge on any atom is -0.492 e. The normalized spacial score (nSPS) is 20.5. The second kappa shape index (κ2) is 8.25. The van der Waals surface area contributed by atoms with Crippen molar-refractivity contribution in [2.24, 2.45) is 0 Å². The second-order valence-corrected chi connectivity index (χ2v) is 11.2. The second-order valence-electron chi connectivity index (χ2n) is 7.55. The fraction of sp³-hybridized carbons (Fsp3) is 0.381. The molecule has 1 atom stereocenters. The van der Waals surface area contributed by atoms with Crippen molar-refractivity contribution < 1.29 is 26.4 Å². The van der Waals surface area contributed by atoms with Crippen LogP contribution < -0.4 is 13.8 Å². The Hall–Kier alpha value is -2.43. The lowest BCUT2D eigenvalue weighted by atomic mass is 9.88.